The molecule has 0 fully saturated rings. The lowest BCUT2D eigenvalue weighted by Gasteiger charge is -2.25. The molecule has 0 spiro atoms. The van der Waals surface area contributed by atoms with Crippen LogP contribution in [-0.4, -0.2) is 87.4 Å². The van der Waals surface area contributed by atoms with Crippen molar-refractivity contribution in [1.29, 1.82) is 0 Å². The number of rotatable bonds is 64. The van der Waals surface area contributed by atoms with E-state index in [-0.39, 0.29) is 32.2 Å². The maximum atomic E-state index is 12.9. The minimum atomic E-state index is -1.53. The van der Waals surface area contributed by atoms with Crippen LogP contribution in [0.5, 0.6) is 0 Å². The standard InChI is InChI=1S/C76H131NO8/c1-6-8-10-12-14-16-18-20-22-24-26-28-30-32-33-34-35-36-37-38-39-40-41-43-44-46-48-50-52-54-56-58-60-62-64-66-73(78)83-70-72(71-84-76(75(80)81)82-69-68-77(3,4)5)85-74(79)67-65-63-61-59-57-55-53-51-49-47-45-42-31-29-27-25-23-21-19-17-15-13-11-9-7-2/h9,11,15,17-18,20-21,23-24,26-27,29,42,45,49,51,55,57,72,76H,6-8,10,12-14,16,19,22,25,28,30-41,43-44,46-48,50,52-54,56,58-71H2,1-5H3/p+1/b11-9-,17-15-,20-18-,23-21-,26-24-,29-27-,45-42-,51-49-,57-55-. The molecule has 0 aromatic heterocycles. The number of carboxylic acid groups (broad SMARTS) is 1. The van der Waals surface area contributed by atoms with Gasteiger partial charge in [0.15, 0.2) is 6.10 Å². The average molecular weight is 1190 g/mol. The molecule has 0 saturated carbocycles. The van der Waals surface area contributed by atoms with Crippen molar-refractivity contribution in [1.82, 2.24) is 0 Å². The summed E-state index contributed by atoms with van der Waals surface area (Å²) >= 11 is 0. The van der Waals surface area contributed by atoms with Gasteiger partial charge in [-0.15, -0.1) is 0 Å². The third kappa shape index (κ3) is 67.3. The molecule has 2 unspecified atom stereocenters. The summed E-state index contributed by atoms with van der Waals surface area (Å²) in [6.07, 6.45) is 89.3. The van der Waals surface area contributed by atoms with Crippen LogP contribution in [0.15, 0.2) is 109 Å². The Bertz CT molecular complexity index is 1760. The molecule has 0 bridgehead atoms. The summed E-state index contributed by atoms with van der Waals surface area (Å²) in [7, 11) is 5.96. The number of carbonyl (C=O) groups is 3. The molecule has 1 N–H and O–H groups in total. The van der Waals surface area contributed by atoms with Crippen molar-refractivity contribution in [3.05, 3.63) is 109 Å². The highest BCUT2D eigenvalue weighted by Crippen LogP contribution is 2.17. The van der Waals surface area contributed by atoms with E-state index >= 15 is 0 Å². The van der Waals surface area contributed by atoms with Crippen LogP contribution in [0.4, 0.5) is 0 Å². The molecule has 0 rings (SSSR count). The van der Waals surface area contributed by atoms with Gasteiger partial charge in [0.2, 0.25) is 0 Å². The number of ether oxygens (including phenoxy) is 4. The number of quaternary nitrogens is 1. The summed E-state index contributed by atoms with van der Waals surface area (Å²) in [5, 5.41) is 9.74. The second-order valence-electron chi connectivity index (χ2n) is 24.5. The quantitative estimate of drug-likeness (QED) is 0.0211. The van der Waals surface area contributed by atoms with Gasteiger partial charge in [-0.05, 0) is 103 Å². The molecule has 0 aliphatic rings. The summed E-state index contributed by atoms with van der Waals surface area (Å²) in [6.45, 7) is 4.73. The summed E-state index contributed by atoms with van der Waals surface area (Å²) in [5.41, 5.74) is 0. The molecule has 9 heteroatoms. The zero-order chi connectivity index (χ0) is 61.9. The molecule has 488 valence electrons. The van der Waals surface area contributed by atoms with Crippen molar-refractivity contribution in [2.24, 2.45) is 0 Å². The van der Waals surface area contributed by atoms with Gasteiger partial charge in [-0.25, -0.2) is 4.79 Å². The fraction of sp³-hybridized carbons (Fsp3) is 0.724. The Morgan fingerprint density at radius 3 is 1.01 bits per heavy atom. The zero-order valence-corrected chi connectivity index (χ0v) is 55.7. The molecule has 9 nitrogen and oxygen atoms in total. The number of carbonyl (C=O) groups excluding carboxylic acids is 2. The molecule has 0 radical (unpaired) electrons. The molecular formula is C76H132NO8+. The molecular weight excluding hydrogens is 1050 g/mol. The first-order valence-electron chi connectivity index (χ1n) is 35.1. The van der Waals surface area contributed by atoms with Crippen LogP contribution in [0.2, 0.25) is 0 Å². The maximum absolute atomic E-state index is 12.9. The van der Waals surface area contributed by atoms with Crippen molar-refractivity contribution in [2.75, 3.05) is 47.5 Å². The fourth-order valence-corrected chi connectivity index (χ4v) is 9.67. The topological polar surface area (TPSA) is 108 Å². The molecule has 0 aromatic rings. The summed E-state index contributed by atoms with van der Waals surface area (Å²) in [5.74, 6) is -2.05. The molecule has 0 aliphatic heterocycles. The van der Waals surface area contributed by atoms with E-state index in [0.29, 0.717) is 23.9 Å². The van der Waals surface area contributed by atoms with E-state index < -0.39 is 24.3 Å². The molecule has 0 heterocycles. The number of nitrogens with zero attached hydrogens (tertiary/aromatic N) is 1. The van der Waals surface area contributed by atoms with Gasteiger partial charge >= 0.3 is 17.9 Å². The smallest absolute Gasteiger partial charge is 0.361 e. The number of allylic oxidation sites excluding steroid dienone is 18. The van der Waals surface area contributed by atoms with Crippen molar-refractivity contribution in [3.8, 4) is 0 Å². The normalized spacial score (nSPS) is 13.4. The highest BCUT2D eigenvalue weighted by Gasteiger charge is 2.25. The van der Waals surface area contributed by atoms with Gasteiger partial charge in [0.1, 0.15) is 13.2 Å². The van der Waals surface area contributed by atoms with Gasteiger partial charge in [0.25, 0.3) is 6.29 Å². The van der Waals surface area contributed by atoms with E-state index in [0.717, 1.165) is 89.9 Å². The Morgan fingerprint density at radius 2 is 0.671 bits per heavy atom. The van der Waals surface area contributed by atoms with Crippen LogP contribution in [0, 0.1) is 0 Å². The number of unbranched alkanes of at least 4 members (excludes halogenated alkanes) is 31. The summed E-state index contributed by atoms with van der Waals surface area (Å²) in [6, 6.07) is 0. The molecule has 0 saturated heterocycles. The third-order valence-corrected chi connectivity index (χ3v) is 15.0. The highest BCUT2D eigenvalue weighted by atomic mass is 16.7. The Kier molecular flexibility index (Phi) is 62.8. The van der Waals surface area contributed by atoms with E-state index in [4.69, 9.17) is 18.9 Å². The van der Waals surface area contributed by atoms with Crippen LogP contribution in [-0.2, 0) is 33.3 Å². The Balaban J connectivity index is 4.12. The minimum absolute atomic E-state index is 0.176. The summed E-state index contributed by atoms with van der Waals surface area (Å²) in [4.78, 5) is 37.6. The molecule has 0 aliphatic carbocycles. The fourth-order valence-electron chi connectivity index (χ4n) is 9.67. The second-order valence-corrected chi connectivity index (χ2v) is 24.5. The SMILES string of the molecule is CC/C=C\C/C=C\C/C=C\C/C=C\C/C=C\C/C=C\C/C=C\CCCCCC(=O)OC(COC(=O)CCCCCCCCCCCCCCCCCCCCCCCCC/C=C\C/C=C\CCCCCCC)COC(OCC[N+](C)(C)C)C(=O)O. The largest absolute Gasteiger partial charge is 0.477 e. The first-order chi connectivity index (χ1) is 41.6. The number of aliphatic carboxylic acids is 1. The molecule has 2 atom stereocenters. The van der Waals surface area contributed by atoms with Crippen molar-refractivity contribution < 1.29 is 42.9 Å². The van der Waals surface area contributed by atoms with Crippen LogP contribution < -0.4 is 0 Å². The predicted molar refractivity (Wildman–Crippen MR) is 364 cm³/mol. The number of likely N-dealkylation sites (N-methyl/N-ethyl adjacent to an activating group) is 1. The van der Waals surface area contributed by atoms with E-state index in [1.54, 1.807) is 0 Å². The van der Waals surface area contributed by atoms with Crippen molar-refractivity contribution in [2.45, 2.75) is 309 Å². The van der Waals surface area contributed by atoms with Gasteiger partial charge in [-0.3, -0.25) is 9.59 Å². The maximum Gasteiger partial charge on any atom is 0.361 e. The first kappa shape index (κ1) is 81.0. The van der Waals surface area contributed by atoms with Crippen LogP contribution in [0.3, 0.4) is 0 Å². The van der Waals surface area contributed by atoms with Crippen molar-refractivity contribution in [3.63, 3.8) is 0 Å². The lowest BCUT2D eigenvalue weighted by Crippen LogP contribution is -2.40. The van der Waals surface area contributed by atoms with Crippen LogP contribution in [0.25, 0.3) is 0 Å². The van der Waals surface area contributed by atoms with Gasteiger partial charge < -0.3 is 28.5 Å². The Hall–Kier alpha value is -4.05. The highest BCUT2D eigenvalue weighted by molar-refractivity contribution is 5.71. The first-order valence-corrected chi connectivity index (χ1v) is 35.1. The second kappa shape index (κ2) is 65.9. The van der Waals surface area contributed by atoms with Crippen LogP contribution in [0.1, 0.15) is 296 Å². The van der Waals surface area contributed by atoms with Crippen LogP contribution >= 0.6 is 0 Å². The lowest BCUT2D eigenvalue weighted by atomic mass is 10.0. The molecule has 0 amide bonds. The predicted octanol–water partition coefficient (Wildman–Crippen LogP) is 21.8. The Morgan fingerprint density at radius 1 is 0.365 bits per heavy atom. The van der Waals surface area contributed by atoms with E-state index in [1.807, 2.05) is 21.1 Å². The number of hydrogen-bond acceptors (Lipinski definition) is 7. The van der Waals surface area contributed by atoms with Crippen molar-refractivity contribution >= 4 is 17.9 Å². The average Bonchev–Trinajstić information content (AvgIpc) is 3.49. The zero-order valence-electron chi connectivity index (χ0n) is 55.7. The Labute approximate surface area is 524 Å². The third-order valence-electron chi connectivity index (χ3n) is 15.0. The van der Waals surface area contributed by atoms with E-state index in [1.165, 1.54) is 173 Å². The number of hydrogen-bond donors (Lipinski definition) is 1. The molecule has 0 aromatic carbocycles. The molecule has 85 heavy (non-hydrogen) atoms. The lowest BCUT2D eigenvalue weighted by molar-refractivity contribution is -0.870. The van der Waals surface area contributed by atoms with Gasteiger partial charge in [0, 0.05) is 12.8 Å². The van der Waals surface area contributed by atoms with Gasteiger partial charge in [-0.2, -0.15) is 0 Å². The number of esters is 2. The monoisotopic (exact) mass is 1190 g/mol. The summed E-state index contributed by atoms with van der Waals surface area (Å²) < 4.78 is 22.9. The van der Waals surface area contributed by atoms with E-state index in [2.05, 4.69) is 123 Å². The number of carboxylic acids is 1. The van der Waals surface area contributed by atoms with Gasteiger partial charge in [-0.1, -0.05) is 290 Å². The van der Waals surface area contributed by atoms with Gasteiger partial charge in [0.05, 0.1) is 34.4 Å². The minimum Gasteiger partial charge on any atom is -0.477 e. The van der Waals surface area contributed by atoms with E-state index in [9.17, 15) is 19.5 Å².